The molecule has 1 heteroatoms. The highest BCUT2D eigenvalue weighted by molar-refractivity contribution is 5.61. The van der Waals surface area contributed by atoms with Gasteiger partial charge >= 0.3 is 0 Å². The first-order valence-electron chi connectivity index (χ1n) is 5.63. The second-order valence-electron chi connectivity index (χ2n) is 4.43. The topological polar surface area (TPSA) is 3.88 Å². The van der Waals surface area contributed by atoms with Crippen LogP contribution >= 0.6 is 0 Å². The minimum atomic E-state index is 1.28. The van der Waals surface area contributed by atoms with Gasteiger partial charge in [-0.25, -0.2) is 0 Å². The van der Waals surface area contributed by atoms with E-state index in [2.05, 4.69) is 68.8 Å². The van der Waals surface area contributed by atoms with Crippen molar-refractivity contribution in [2.75, 3.05) is 0 Å². The van der Waals surface area contributed by atoms with E-state index in [1.54, 1.807) is 0 Å². The molecule has 1 aromatic carbocycles. The fraction of sp³-hybridized carbons (Fsp3) is 0.267. The normalized spacial score (nSPS) is 10.5. The molecule has 0 unspecified atom stereocenters. The number of hydrogen-bond donors (Lipinski definition) is 0. The molecule has 0 aliphatic carbocycles. The Morgan fingerprint density at radius 2 is 1.69 bits per heavy atom. The zero-order chi connectivity index (χ0) is 11.7. The molecule has 16 heavy (non-hydrogen) atoms. The average molecular weight is 212 g/mol. The molecule has 2 aromatic rings. The van der Waals surface area contributed by atoms with Crippen LogP contribution in [-0.2, 0) is 7.05 Å². The zero-order valence-corrected chi connectivity index (χ0v) is 10.4. The third-order valence-corrected chi connectivity index (χ3v) is 3.15. The molecule has 1 aromatic heterocycles. The molecule has 0 aliphatic heterocycles. The van der Waals surface area contributed by atoms with Gasteiger partial charge in [0.1, 0.15) is 7.05 Å². The summed E-state index contributed by atoms with van der Waals surface area (Å²) in [6.07, 6.45) is 0. The van der Waals surface area contributed by atoms with Crippen molar-refractivity contribution in [3.63, 3.8) is 0 Å². The van der Waals surface area contributed by atoms with E-state index in [0.717, 1.165) is 0 Å². The van der Waals surface area contributed by atoms with Crippen LogP contribution in [0, 0.1) is 20.8 Å². The van der Waals surface area contributed by atoms with Gasteiger partial charge < -0.3 is 0 Å². The summed E-state index contributed by atoms with van der Waals surface area (Å²) < 4.78 is 2.24. The minimum absolute atomic E-state index is 1.28. The van der Waals surface area contributed by atoms with Gasteiger partial charge in [-0.05, 0) is 31.5 Å². The Hall–Kier alpha value is -1.63. The summed E-state index contributed by atoms with van der Waals surface area (Å²) in [7, 11) is 2.12. The number of aromatic nitrogens is 1. The molecule has 0 spiro atoms. The Morgan fingerprint density at radius 1 is 0.938 bits per heavy atom. The first-order chi connectivity index (χ1) is 7.59. The van der Waals surface area contributed by atoms with Crippen molar-refractivity contribution < 1.29 is 4.57 Å². The van der Waals surface area contributed by atoms with Gasteiger partial charge in [0.2, 0.25) is 5.69 Å². The van der Waals surface area contributed by atoms with Crippen LogP contribution < -0.4 is 4.57 Å². The molecule has 0 saturated heterocycles. The molecule has 0 fully saturated rings. The van der Waals surface area contributed by atoms with Crippen LogP contribution in [0.25, 0.3) is 11.3 Å². The summed E-state index contributed by atoms with van der Waals surface area (Å²) in [6.45, 7) is 6.43. The molecule has 0 amide bonds. The lowest BCUT2D eigenvalue weighted by atomic mass is 10.0. The quantitative estimate of drug-likeness (QED) is 0.639. The van der Waals surface area contributed by atoms with Crippen LogP contribution in [0.2, 0.25) is 0 Å². The number of rotatable bonds is 1. The third kappa shape index (κ3) is 1.85. The molecule has 2 rings (SSSR count). The van der Waals surface area contributed by atoms with Gasteiger partial charge in [0, 0.05) is 24.6 Å². The summed E-state index contributed by atoms with van der Waals surface area (Å²) in [4.78, 5) is 0. The number of benzene rings is 1. The zero-order valence-electron chi connectivity index (χ0n) is 10.4. The maximum absolute atomic E-state index is 2.25. The smallest absolute Gasteiger partial charge is 0.199 e. The van der Waals surface area contributed by atoms with Crippen molar-refractivity contribution in [3.05, 3.63) is 53.2 Å². The van der Waals surface area contributed by atoms with Gasteiger partial charge in [0.25, 0.3) is 0 Å². The van der Waals surface area contributed by atoms with Crippen molar-refractivity contribution in [2.45, 2.75) is 20.8 Å². The predicted molar refractivity (Wildman–Crippen MR) is 67.3 cm³/mol. The van der Waals surface area contributed by atoms with Crippen LogP contribution in [0.15, 0.2) is 36.4 Å². The maximum Gasteiger partial charge on any atom is 0.212 e. The van der Waals surface area contributed by atoms with Gasteiger partial charge in [-0.15, -0.1) is 0 Å². The van der Waals surface area contributed by atoms with Crippen LogP contribution in [0.1, 0.15) is 16.8 Å². The van der Waals surface area contributed by atoms with Crippen LogP contribution in [-0.4, -0.2) is 0 Å². The molecule has 0 bridgehead atoms. The second kappa shape index (κ2) is 4.09. The van der Waals surface area contributed by atoms with Crippen LogP contribution in [0.4, 0.5) is 0 Å². The fourth-order valence-corrected chi connectivity index (χ4v) is 1.97. The van der Waals surface area contributed by atoms with E-state index in [1.165, 1.54) is 28.1 Å². The summed E-state index contributed by atoms with van der Waals surface area (Å²) in [5.41, 5.74) is 6.51. The molecular formula is C15H18N+. The van der Waals surface area contributed by atoms with Crippen molar-refractivity contribution in [1.82, 2.24) is 0 Å². The predicted octanol–water partition coefficient (Wildman–Crippen LogP) is 3.10. The highest BCUT2D eigenvalue weighted by Gasteiger charge is 2.13. The summed E-state index contributed by atoms with van der Waals surface area (Å²) in [6, 6.07) is 13.0. The third-order valence-electron chi connectivity index (χ3n) is 3.15. The van der Waals surface area contributed by atoms with E-state index in [4.69, 9.17) is 0 Å². The average Bonchev–Trinajstić information content (AvgIpc) is 2.26. The summed E-state index contributed by atoms with van der Waals surface area (Å²) in [5.74, 6) is 0. The Kier molecular flexibility index (Phi) is 2.78. The molecule has 1 nitrogen and oxygen atoms in total. The van der Waals surface area contributed by atoms with E-state index in [0.29, 0.717) is 0 Å². The van der Waals surface area contributed by atoms with Crippen molar-refractivity contribution in [3.8, 4) is 11.3 Å². The molecule has 1 heterocycles. The van der Waals surface area contributed by atoms with Crippen molar-refractivity contribution in [1.29, 1.82) is 0 Å². The standard InChI is InChI=1S/C15H18N/c1-11-8-9-12(2)14(10-11)15-7-5-6-13(3)16(15)4/h5-10H,1-4H3/q+1. The van der Waals surface area contributed by atoms with Gasteiger partial charge in [-0.2, -0.15) is 4.57 Å². The van der Waals surface area contributed by atoms with E-state index < -0.39 is 0 Å². The SMILES string of the molecule is Cc1ccc(C)c(-c2cccc(C)[n+]2C)c1. The highest BCUT2D eigenvalue weighted by Crippen LogP contribution is 2.21. The fourth-order valence-electron chi connectivity index (χ4n) is 1.97. The first-order valence-corrected chi connectivity index (χ1v) is 5.63. The Labute approximate surface area is 97.4 Å². The molecule has 82 valence electrons. The van der Waals surface area contributed by atoms with Crippen LogP contribution in [0.5, 0.6) is 0 Å². The molecule has 0 aliphatic rings. The molecular weight excluding hydrogens is 194 g/mol. The van der Waals surface area contributed by atoms with Gasteiger partial charge in [-0.3, -0.25) is 0 Å². The van der Waals surface area contributed by atoms with E-state index in [9.17, 15) is 0 Å². The van der Waals surface area contributed by atoms with E-state index in [-0.39, 0.29) is 0 Å². The molecule has 0 N–H and O–H groups in total. The number of pyridine rings is 1. The maximum atomic E-state index is 2.25. The number of aryl methyl sites for hydroxylation is 3. The second-order valence-corrected chi connectivity index (χ2v) is 4.43. The first kappa shape index (κ1) is 10.9. The number of nitrogens with zero attached hydrogens (tertiary/aromatic N) is 1. The summed E-state index contributed by atoms with van der Waals surface area (Å²) >= 11 is 0. The molecule has 0 saturated carbocycles. The summed E-state index contributed by atoms with van der Waals surface area (Å²) in [5, 5.41) is 0. The van der Waals surface area contributed by atoms with E-state index in [1.807, 2.05) is 0 Å². The van der Waals surface area contributed by atoms with Gasteiger partial charge in [0.05, 0.1) is 0 Å². The molecule has 0 radical (unpaired) electrons. The lowest BCUT2D eigenvalue weighted by molar-refractivity contribution is -0.666. The van der Waals surface area contributed by atoms with Crippen LogP contribution in [0.3, 0.4) is 0 Å². The monoisotopic (exact) mass is 212 g/mol. The Morgan fingerprint density at radius 3 is 2.44 bits per heavy atom. The molecule has 0 atom stereocenters. The van der Waals surface area contributed by atoms with Crippen molar-refractivity contribution >= 4 is 0 Å². The number of hydrogen-bond acceptors (Lipinski definition) is 0. The Bertz CT molecular complexity index is 527. The van der Waals surface area contributed by atoms with Gasteiger partial charge in [-0.1, -0.05) is 17.7 Å². The lowest BCUT2D eigenvalue weighted by Crippen LogP contribution is -2.34. The van der Waals surface area contributed by atoms with Gasteiger partial charge in [0.15, 0.2) is 5.69 Å². The highest BCUT2D eigenvalue weighted by atomic mass is 14.9. The largest absolute Gasteiger partial charge is 0.212 e. The lowest BCUT2D eigenvalue weighted by Gasteiger charge is -2.06. The Balaban J connectivity index is 2.67. The minimum Gasteiger partial charge on any atom is -0.199 e. The van der Waals surface area contributed by atoms with E-state index >= 15 is 0 Å². The van der Waals surface area contributed by atoms with Crippen molar-refractivity contribution in [2.24, 2.45) is 7.05 Å².